The van der Waals surface area contributed by atoms with Crippen molar-refractivity contribution in [2.24, 2.45) is 5.73 Å². The van der Waals surface area contributed by atoms with Gasteiger partial charge < -0.3 is 5.73 Å². The molecule has 0 fully saturated rings. The average molecular weight is 343 g/mol. The Morgan fingerprint density at radius 1 is 1.62 bits per heavy atom. The number of hydrogen-bond donors (Lipinski definition) is 1. The van der Waals surface area contributed by atoms with Crippen LogP contribution in [0.5, 0.6) is 0 Å². The zero-order valence-corrected chi connectivity index (χ0v) is 12.7. The Labute approximate surface area is 113 Å². The third-order valence-corrected chi connectivity index (χ3v) is 6.50. The van der Waals surface area contributed by atoms with Gasteiger partial charge in [-0.25, -0.2) is 8.42 Å². The van der Waals surface area contributed by atoms with Crippen molar-refractivity contribution in [3.63, 3.8) is 0 Å². The molecule has 1 aromatic heterocycles. The molecule has 0 aliphatic carbocycles. The van der Waals surface area contributed by atoms with Crippen LogP contribution in [0, 0.1) is 0 Å². The van der Waals surface area contributed by atoms with Crippen LogP contribution in [0.3, 0.4) is 0 Å². The molecule has 1 heterocycles. The zero-order chi connectivity index (χ0) is 12.5. The maximum Gasteiger partial charge on any atom is 0.252 e. The molecule has 0 aliphatic rings. The van der Waals surface area contributed by atoms with Crippen molar-refractivity contribution in [1.29, 1.82) is 0 Å². The molecule has 4 nitrogen and oxygen atoms in total. The first-order valence-corrected chi connectivity index (χ1v) is 7.75. The third-order valence-electron chi connectivity index (χ3n) is 2.14. The molecule has 1 unspecified atom stereocenters. The van der Waals surface area contributed by atoms with E-state index in [-0.39, 0.29) is 9.20 Å². The second-order valence-electron chi connectivity index (χ2n) is 3.16. The van der Waals surface area contributed by atoms with Gasteiger partial charge in [-0.05, 0) is 35.0 Å². The number of sulfonamides is 1. The van der Waals surface area contributed by atoms with E-state index in [2.05, 4.69) is 15.9 Å². The Morgan fingerprint density at radius 3 is 2.56 bits per heavy atom. The molecule has 0 radical (unpaired) electrons. The zero-order valence-electron chi connectivity index (χ0n) is 8.68. The van der Waals surface area contributed by atoms with Crippen molar-refractivity contribution < 1.29 is 8.42 Å². The lowest BCUT2D eigenvalue weighted by atomic mass is 10.3. The molecule has 2 N–H and O–H groups in total. The molecule has 0 bridgehead atoms. The van der Waals surface area contributed by atoms with Crippen molar-refractivity contribution in [3.05, 3.63) is 15.9 Å². The molecular weight excluding hydrogens is 332 g/mol. The van der Waals surface area contributed by atoms with Gasteiger partial charge in [-0.2, -0.15) is 4.31 Å². The van der Waals surface area contributed by atoms with Gasteiger partial charge in [0, 0.05) is 7.05 Å². The molecule has 16 heavy (non-hydrogen) atoms. The van der Waals surface area contributed by atoms with Crippen LogP contribution in [0.15, 0.2) is 20.1 Å². The van der Waals surface area contributed by atoms with E-state index in [4.69, 9.17) is 18.0 Å². The topological polar surface area (TPSA) is 63.4 Å². The van der Waals surface area contributed by atoms with E-state index in [0.29, 0.717) is 0 Å². The van der Waals surface area contributed by atoms with Crippen LogP contribution in [0.1, 0.15) is 6.92 Å². The van der Waals surface area contributed by atoms with E-state index < -0.39 is 16.1 Å². The molecule has 0 aromatic carbocycles. The van der Waals surface area contributed by atoms with Gasteiger partial charge >= 0.3 is 0 Å². The summed E-state index contributed by atoms with van der Waals surface area (Å²) in [6, 6.07) is 2.74. The molecule has 1 rings (SSSR count). The molecule has 0 amide bonds. The standard InChI is InChI=1S/C8H11BrN2O2S3/c1-5(8(10)14)11(2)16(12,13)7-4-3-6(9)15-7/h3-5H,1-2H3,(H2,10,14). The maximum absolute atomic E-state index is 12.1. The van der Waals surface area contributed by atoms with Crippen molar-refractivity contribution in [2.75, 3.05) is 7.05 Å². The second kappa shape index (κ2) is 5.09. The van der Waals surface area contributed by atoms with Crippen LogP contribution >= 0.6 is 39.5 Å². The number of hydrogen-bond acceptors (Lipinski definition) is 4. The van der Waals surface area contributed by atoms with E-state index >= 15 is 0 Å². The minimum Gasteiger partial charge on any atom is -0.392 e. The predicted octanol–water partition coefficient (Wildman–Crippen LogP) is 1.81. The number of thiocarbonyl (C=S) groups is 1. The molecular formula is C8H11BrN2O2S3. The quantitative estimate of drug-likeness (QED) is 0.847. The molecule has 0 saturated carbocycles. The van der Waals surface area contributed by atoms with Crippen LogP contribution in [0.25, 0.3) is 0 Å². The number of nitrogens with two attached hydrogens (primary N) is 1. The highest BCUT2D eigenvalue weighted by molar-refractivity contribution is 9.11. The van der Waals surface area contributed by atoms with E-state index in [1.807, 2.05) is 0 Å². The Balaban J connectivity index is 3.08. The summed E-state index contributed by atoms with van der Waals surface area (Å²) < 4.78 is 26.4. The Kier molecular flexibility index (Phi) is 4.47. The van der Waals surface area contributed by atoms with E-state index in [0.717, 1.165) is 15.1 Å². The molecule has 1 atom stereocenters. The summed E-state index contributed by atoms with van der Waals surface area (Å²) in [5.41, 5.74) is 5.44. The van der Waals surface area contributed by atoms with Crippen molar-refractivity contribution in [2.45, 2.75) is 17.2 Å². The van der Waals surface area contributed by atoms with Crippen molar-refractivity contribution in [1.82, 2.24) is 4.31 Å². The lowest BCUT2D eigenvalue weighted by Gasteiger charge is -2.22. The Morgan fingerprint density at radius 2 is 2.19 bits per heavy atom. The lowest BCUT2D eigenvalue weighted by molar-refractivity contribution is 0.453. The monoisotopic (exact) mass is 342 g/mol. The minimum atomic E-state index is -3.51. The van der Waals surface area contributed by atoms with Crippen molar-refractivity contribution >= 4 is 54.5 Å². The number of rotatable bonds is 4. The fourth-order valence-corrected chi connectivity index (χ4v) is 4.73. The normalized spacial score (nSPS) is 14.0. The highest BCUT2D eigenvalue weighted by atomic mass is 79.9. The van der Waals surface area contributed by atoms with E-state index in [9.17, 15) is 8.42 Å². The van der Waals surface area contributed by atoms with Crippen molar-refractivity contribution in [3.8, 4) is 0 Å². The summed E-state index contributed by atoms with van der Waals surface area (Å²) in [6.07, 6.45) is 0. The number of likely N-dealkylation sites (N-methyl/N-ethyl adjacent to an activating group) is 1. The smallest absolute Gasteiger partial charge is 0.252 e. The summed E-state index contributed by atoms with van der Waals surface area (Å²) in [4.78, 5) is 0.154. The van der Waals surface area contributed by atoms with Crippen LogP contribution in [-0.4, -0.2) is 30.8 Å². The molecule has 8 heteroatoms. The third kappa shape index (κ3) is 2.80. The first-order chi connectivity index (χ1) is 7.26. The van der Waals surface area contributed by atoms with Gasteiger partial charge in [0.15, 0.2) is 0 Å². The van der Waals surface area contributed by atoms with Crippen LogP contribution in [0.2, 0.25) is 0 Å². The Hall–Kier alpha value is -0.0200. The molecule has 0 spiro atoms. The van der Waals surface area contributed by atoms with Gasteiger partial charge in [0.1, 0.15) is 4.21 Å². The Bertz CT molecular complexity index is 497. The summed E-state index contributed by atoms with van der Waals surface area (Å²) >= 11 is 9.16. The van der Waals surface area contributed by atoms with Crippen LogP contribution in [-0.2, 0) is 10.0 Å². The molecule has 0 aliphatic heterocycles. The van der Waals surface area contributed by atoms with Gasteiger partial charge in [0.05, 0.1) is 14.8 Å². The SMILES string of the molecule is CC(C(N)=S)N(C)S(=O)(=O)c1ccc(Br)s1. The molecule has 0 saturated heterocycles. The largest absolute Gasteiger partial charge is 0.392 e. The van der Waals surface area contributed by atoms with Crippen LogP contribution < -0.4 is 5.73 Å². The average Bonchev–Trinajstić information content (AvgIpc) is 2.62. The first-order valence-electron chi connectivity index (χ1n) is 4.29. The summed E-state index contributed by atoms with van der Waals surface area (Å²) in [5.74, 6) is 0. The van der Waals surface area contributed by atoms with Gasteiger partial charge in [0.2, 0.25) is 0 Å². The molecule has 1 aromatic rings. The molecule has 90 valence electrons. The maximum atomic E-state index is 12.1. The summed E-state index contributed by atoms with van der Waals surface area (Å²) in [5, 5.41) is 0. The summed E-state index contributed by atoms with van der Waals surface area (Å²) in [7, 11) is -2.04. The second-order valence-corrected chi connectivity index (χ2v) is 8.32. The first kappa shape index (κ1) is 14.0. The highest BCUT2D eigenvalue weighted by Gasteiger charge is 2.27. The fourth-order valence-electron chi connectivity index (χ4n) is 0.966. The summed E-state index contributed by atoms with van der Waals surface area (Å²) in [6.45, 7) is 1.66. The minimum absolute atomic E-state index is 0.154. The number of halogens is 1. The van der Waals surface area contributed by atoms with E-state index in [1.165, 1.54) is 11.4 Å². The number of nitrogens with zero attached hydrogens (tertiary/aromatic N) is 1. The number of thiophene rings is 1. The fraction of sp³-hybridized carbons (Fsp3) is 0.375. The van der Waals surface area contributed by atoms with Crippen LogP contribution in [0.4, 0.5) is 0 Å². The predicted molar refractivity (Wildman–Crippen MR) is 73.2 cm³/mol. The van der Waals surface area contributed by atoms with E-state index in [1.54, 1.807) is 19.1 Å². The highest BCUT2D eigenvalue weighted by Crippen LogP contribution is 2.28. The lowest BCUT2D eigenvalue weighted by Crippen LogP contribution is -2.42. The van der Waals surface area contributed by atoms with Gasteiger partial charge in [-0.3, -0.25) is 0 Å². The van der Waals surface area contributed by atoms with Gasteiger partial charge in [0.25, 0.3) is 10.0 Å². The van der Waals surface area contributed by atoms with Gasteiger partial charge in [-0.1, -0.05) is 12.2 Å². The van der Waals surface area contributed by atoms with Gasteiger partial charge in [-0.15, -0.1) is 11.3 Å².